The number of nitrogens with one attached hydrogen (secondary N) is 1. The first-order valence-corrected chi connectivity index (χ1v) is 7.79. The summed E-state index contributed by atoms with van der Waals surface area (Å²) in [6, 6.07) is 3.09. The van der Waals surface area contributed by atoms with Crippen LogP contribution in [0.4, 0.5) is 17.6 Å². The first-order valence-electron chi connectivity index (χ1n) is 7.79. The van der Waals surface area contributed by atoms with Gasteiger partial charge in [0.15, 0.2) is 0 Å². The van der Waals surface area contributed by atoms with Crippen molar-refractivity contribution >= 4 is 24.8 Å². The second kappa shape index (κ2) is 8.39. The molecule has 0 spiro atoms. The van der Waals surface area contributed by atoms with Crippen molar-refractivity contribution in [3.63, 3.8) is 0 Å². The molecular formula is C16H22Cl2F4N2O. The van der Waals surface area contributed by atoms with E-state index in [1.807, 2.05) is 0 Å². The van der Waals surface area contributed by atoms with Crippen molar-refractivity contribution in [3.05, 3.63) is 35.1 Å². The van der Waals surface area contributed by atoms with E-state index in [0.717, 1.165) is 31.6 Å². The molecule has 25 heavy (non-hydrogen) atoms. The lowest BCUT2D eigenvalue weighted by Crippen LogP contribution is -2.58. The second-order valence-corrected chi connectivity index (χ2v) is 6.55. The zero-order chi connectivity index (χ0) is 16.7. The second-order valence-electron chi connectivity index (χ2n) is 6.55. The molecule has 0 aromatic heterocycles. The highest BCUT2D eigenvalue weighted by Crippen LogP contribution is 2.34. The Hall–Kier alpha value is -0.600. The molecule has 144 valence electrons. The van der Waals surface area contributed by atoms with Crippen LogP contribution in [0.15, 0.2) is 18.2 Å². The molecule has 2 fully saturated rings. The summed E-state index contributed by atoms with van der Waals surface area (Å²) >= 11 is 0. The van der Waals surface area contributed by atoms with Crippen LogP contribution in [0.2, 0.25) is 0 Å². The number of likely N-dealkylation sites (tertiary alicyclic amines) is 1. The maximum absolute atomic E-state index is 13.6. The number of nitrogens with zero attached hydrogens (tertiary/aromatic N) is 1. The van der Waals surface area contributed by atoms with E-state index in [9.17, 15) is 22.7 Å². The highest BCUT2D eigenvalue weighted by molar-refractivity contribution is 5.85. The lowest BCUT2D eigenvalue weighted by Gasteiger charge is -2.47. The maximum Gasteiger partial charge on any atom is 0.419 e. The molecule has 9 heteroatoms. The topological polar surface area (TPSA) is 35.5 Å². The Balaban J connectivity index is 0.00000156. The van der Waals surface area contributed by atoms with Crippen molar-refractivity contribution in [3.8, 4) is 0 Å². The number of aliphatic hydroxyl groups is 1. The summed E-state index contributed by atoms with van der Waals surface area (Å²) in [5.74, 6) is -1.13. The van der Waals surface area contributed by atoms with E-state index < -0.39 is 23.2 Å². The third-order valence-corrected chi connectivity index (χ3v) is 4.97. The molecule has 0 unspecified atom stereocenters. The Labute approximate surface area is 156 Å². The quantitative estimate of drug-likeness (QED) is 0.742. The minimum Gasteiger partial charge on any atom is -0.389 e. The molecule has 2 aliphatic rings. The third-order valence-electron chi connectivity index (χ3n) is 4.97. The molecule has 3 rings (SSSR count). The number of rotatable bonds is 2. The van der Waals surface area contributed by atoms with Gasteiger partial charge in [0.25, 0.3) is 0 Å². The Bertz CT molecular complexity index is 588. The molecule has 0 radical (unpaired) electrons. The molecule has 2 aliphatic heterocycles. The molecule has 2 N–H and O–H groups in total. The average molecular weight is 405 g/mol. The smallest absolute Gasteiger partial charge is 0.389 e. The van der Waals surface area contributed by atoms with Gasteiger partial charge in [0.2, 0.25) is 0 Å². The third kappa shape index (κ3) is 4.98. The Kier molecular flexibility index (Phi) is 7.53. The number of hydrogen-bond acceptors (Lipinski definition) is 3. The fourth-order valence-corrected chi connectivity index (χ4v) is 3.58. The maximum atomic E-state index is 13.6. The lowest BCUT2D eigenvalue weighted by molar-refractivity contribution is -0.140. The summed E-state index contributed by atoms with van der Waals surface area (Å²) in [4.78, 5) is 2.06. The number of benzene rings is 1. The van der Waals surface area contributed by atoms with Gasteiger partial charge < -0.3 is 10.4 Å². The fraction of sp³-hybridized carbons (Fsp3) is 0.625. The first kappa shape index (κ1) is 22.4. The molecule has 0 aliphatic carbocycles. The van der Waals surface area contributed by atoms with Gasteiger partial charge in [-0.15, -0.1) is 24.8 Å². The SMILES string of the molecule is Cl.Cl.O[C@]12CCNC[C@H]1CN(Cc1ccc(C(F)(F)F)c(F)c1)CC2. The summed E-state index contributed by atoms with van der Waals surface area (Å²) in [7, 11) is 0. The number of fused-ring (bicyclic) bond motifs is 1. The van der Waals surface area contributed by atoms with Crippen LogP contribution in [0.5, 0.6) is 0 Å². The van der Waals surface area contributed by atoms with Crippen molar-refractivity contribution in [2.75, 3.05) is 26.2 Å². The van der Waals surface area contributed by atoms with E-state index in [4.69, 9.17) is 0 Å². The van der Waals surface area contributed by atoms with Gasteiger partial charge in [0.05, 0.1) is 11.2 Å². The molecule has 1 aromatic carbocycles. The van der Waals surface area contributed by atoms with Crippen molar-refractivity contribution in [2.45, 2.75) is 31.2 Å². The molecule has 2 saturated heterocycles. The zero-order valence-corrected chi connectivity index (χ0v) is 15.1. The predicted molar refractivity (Wildman–Crippen MR) is 91.7 cm³/mol. The highest BCUT2D eigenvalue weighted by atomic mass is 35.5. The summed E-state index contributed by atoms with van der Waals surface area (Å²) in [5, 5.41) is 13.8. The molecule has 0 amide bonds. The van der Waals surface area contributed by atoms with Gasteiger partial charge in [-0.1, -0.05) is 6.07 Å². The van der Waals surface area contributed by atoms with Crippen molar-refractivity contribution in [1.82, 2.24) is 10.2 Å². The van der Waals surface area contributed by atoms with Crippen LogP contribution in [0.3, 0.4) is 0 Å². The summed E-state index contributed by atoms with van der Waals surface area (Å²) < 4.78 is 51.4. The molecular weight excluding hydrogens is 383 g/mol. The summed E-state index contributed by atoms with van der Waals surface area (Å²) in [6.45, 7) is 3.24. The largest absolute Gasteiger partial charge is 0.419 e. The highest BCUT2D eigenvalue weighted by Gasteiger charge is 2.42. The molecule has 1 aromatic rings. The number of piperidine rings is 2. The van der Waals surface area contributed by atoms with E-state index in [2.05, 4.69) is 10.2 Å². The van der Waals surface area contributed by atoms with Gasteiger partial charge in [-0.3, -0.25) is 4.90 Å². The predicted octanol–water partition coefficient (Wildman–Crippen LogP) is 3.23. The Morgan fingerprint density at radius 2 is 1.96 bits per heavy atom. The molecule has 0 bridgehead atoms. The number of alkyl halides is 3. The van der Waals surface area contributed by atoms with Gasteiger partial charge in [-0.25, -0.2) is 4.39 Å². The van der Waals surface area contributed by atoms with E-state index in [0.29, 0.717) is 31.6 Å². The van der Waals surface area contributed by atoms with Crippen LogP contribution in [0.25, 0.3) is 0 Å². The molecule has 2 atom stereocenters. The van der Waals surface area contributed by atoms with Gasteiger partial charge >= 0.3 is 6.18 Å². The van der Waals surface area contributed by atoms with Crippen LogP contribution in [0.1, 0.15) is 24.0 Å². The first-order chi connectivity index (χ1) is 10.8. The van der Waals surface area contributed by atoms with Crippen LogP contribution < -0.4 is 5.32 Å². The Morgan fingerprint density at radius 3 is 2.60 bits per heavy atom. The van der Waals surface area contributed by atoms with Crippen molar-refractivity contribution < 1.29 is 22.7 Å². The van der Waals surface area contributed by atoms with Crippen molar-refractivity contribution in [1.29, 1.82) is 0 Å². The van der Waals surface area contributed by atoms with Crippen LogP contribution in [0, 0.1) is 11.7 Å². The zero-order valence-electron chi connectivity index (χ0n) is 13.5. The summed E-state index contributed by atoms with van der Waals surface area (Å²) in [5.41, 5.74) is -1.36. The Morgan fingerprint density at radius 1 is 1.24 bits per heavy atom. The normalized spacial score (nSPS) is 27.0. The lowest BCUT2D eigenvalue weighted by atomic mass is 9.76. The minimum absolute atomic E-state index is 0. The van der Waals surface area contributed by atoms with Crippen LogP contribution in [-0.4, -0.2) is 41.8 Å². The molecule has 0 saturated carbocycles. The van der Waals surface area contributed by atoms with Crippen molar-refractivity contribution in [2.24, 2.45) is 5.92 Å². The van der Waals surface area contributed by atoms with Gasteiger partial charge in [-0.2, -0.15) is 13.2 Å². The van der Waals surface area contributed by atoms with Gasteiger partial charge in [0.1, 0.15) is 5.82 Å². The van der Waals surface area contributed by atoms with E-state index >= 15 is 0 Å². The number of halogens is 6. The number of hydrogen-bond donors (Lipinski definition) is 2. The standard InChI is InChI=1S/C16H20F4N2O.2ClH/c17-14-7-11(1-2-13(14)16(18,19)20)9-22-6-4-15(23)3-5-21-8-12(15)10-22;;/h1-2,7,12,21,23H,3-6,8-10H2;2*1H/t12-,15-;;/m0../s1. The van der Waals surface area contributed by atoms with Crippen LogP contribution in [-0.2, 0) is 12.7 Å². The minimum atomic E-state index is -4.67. The van der Waals surface area contributed by atoms with Crippen LogP contribution >= 0.6 is 24.8 Å². The fourth-order valence-electron chi connectivity index (χ4n) is 3.58. The monoisotopic (exact) mass is 404 g/mol. The van der Waals surface area contributed by atoms with E-state index in [1.165, 1.54) is 6.07 Å². The molecule has 2 heterocycles. The average Bonchev–Trinajstić information content (AvgIpc) is 2.46. The van der Waals surface area contributed by atoms with Gasteiger partial charge in [-0.05, 0) is 37.1 Å². The van der Waals surface area contributed by atoms with E-state index in [-0.39, 0.29) is 30.7 Å². The van der Waals surface area contributed by atoms with E-state index in [1.54, 1.807) is 0 Å². The molecule has 3 nitrogen and oxygen atoms in total. The summed E-state index contributed by atoms with van der Waals surface area (Å²) in [6.07, 6.45) is -3.30. The van der Waals surface area contributed by atoms with Gasteiger partial charge in [0, 0.05) is 32.1 Å².